The highest BCUT2D eigenvalue weighted by Crippen LogP contribution is 2.51. The standard InChI is InChI=1S/C19H27NO4/c1-5-23-17-10-19(12-21,18(17,2)3)20-11-15-9-13-8-14(22-4)6-7-16(13)24-15/h6-9,17,20-21H,5,10-12H2,1-4H3/t17-,19+/m0/s1. The first-order valence-corrected chi connectivity index (χ1v) is 8.49. The third kappa shape index (κ3) is 2.70. The van der Waals surface area contributed by atoms with Crippen LogP contribution in [0.5, 0.6) is 5.75 Å². The molecule has 1 heterocycles. The van der Waals surface area contributed by atoms with Gasteiger partial charge in [-0.05, 0) is 37.6 Å². The number of nitrogens with one attached hydrogen (secondary N) is 1. The number of furan rings is 1. The fourth-order valence-corrected chi connectivity index (χ4v) is 3.65. The summed E-state index contributed by atoms with van der Waals surface area (Å²) in [5, 5.41) is 14.5. The van der Waals surface area contributed by atoms with Crippen molar-refractivity contribution in [2.24, 2.45) is 5.41 Å². The molecule has 5 nitrogen and oxygen atoms in total. The second-order valence-corrected chi connectivity index (χ2v) is 7.08. The predicted molar refractivity (Wildman–Crippen MR) is 93.2 cm³/mol. The second kappa shape index (κ2) is 6.39. The number of fused-ring (bicyclic) bond motifs is 1. The smallest absolute Gasteiger partial charge is 0.134 e. The van der Waals surface area contributed by atoms with Gasteiger partial charge in [-0.1, -0.05) is 13.8 Å². The van der Waals surface area contributed by atoms with E-state index in [1.54, 1.807) is 7.11 Å². The van der Waals surface area contributed by atoms with Crippen LogP contribution >= 0.6 is 0 Å². The zero-order chi connectivity index (χ0) is 17.4. The van der Waals surface area contributed by atoms with Gasteiger partial charge in [0.05, 0.1) is 31.9 Å². The summed E-state index contributed by atoms with van der Waals surface area (Å²) in [6.07, 6.45) is 0.973. The fourth-order valence-electron chi connectivity index (χ4n) is 3.65. The van der Waals surface area contributed by atoms with Crippen LogP contribution in [0, 0.1) is 5.41 Å². The average molecular weight is 333 g/mol. The molecule has 1 fully saturated rings. The first-order chi connectivity index (χ1) is 11.5. The van der Waals surface area contributed by atoms with Gasteiger partial charge in [0.1, 0.15) is 17.1 Å². The molecule has 1 saturated carbocycles. The largest absolute Gasteiger partial charge is 0.497 e. The zero-order valence-electron chi connectivity index (χ0n) is 14.9. The van der Waals surface area contributed by atoms with Gasteiger partial charge in [0.25, 0.3) is 0 Å². The molecule has 0 spiro atoms. The van der Waals surface area contributed by atoms with Crippen molar-refractivity contribution in [3.63, 3.8) is 0 Å². The lowest BCUT2D eigenvalue weighted by Crippen LogP contribution is -2.73. The normalized spacial score (nSPS) is 25.6. The van der Waals surface area contributed by atoms with Gasteiger partial charge in [0.15, 0.2) is 0 Å². The lowest BCUT2D eigenvalue weighted by atomic mass is 9.54. The molecule has 5 heteroatoms. The van der Waals surface area contributed by atoms with Gasteiger partial charge in [0, 0.05) is 17.4 Å². The maximum absolute atomic E-state index is 9.98. The molecule has 3 rings (SSSR count). The Kier molecular flexibility index (Phi) is 4.60. The molecule has 2 aromatic rings. The van der Waals surface area contributed by atoms with Crippen molar-refractivity contribution < 1.29 is 19.0 Å². The molecule has 0 unspecified atom stereocenters. The van der Waals surface area contributed by atoms with Crippen molar-refractivity contribution in [1.29, 1.82) is 0 Å². The zero-order valence-corrected chi connectivity index (χ0v) is 14.9. The molecule has 1 aromatic carbocycles. The monoisotopic (exact) mass is 333 g/mol. The highest BCUT2D eigenvalue weighted by atomic mass is 16.5. The van der Waals surface area contributed by atoms with Crippen LogP contribution in [0.4, 0.5) is 0 Å². The summed E-state index contributed by atoms with van der Waals surface area (Å²) >= 11 is 0. The van der Waals surface area contributed by atoms with E-state index in [0.29, 0.717) is 13.2 Å². The van der Waals surface area contributed by atoms with Crippen molar-refractivity contribution in [2.75, 3.05) is 20.3 Å². The lowest BCUT2D eigenvalue weighted by molar-refractivity contribution is -0.178. The topological polar surface area (TPSA) is 63.9 Å². The van der Waals surface area contributed by atoms with Crippen LogP contribution in [-0.2, 0) is 11.3 Å². The van der Waals surface area contributed by atoms with Crippen LogP contribution in [0.2, 0.25) is 0 Å². The number of hydrogen-bond acceptors (Lipinski definition) is 5. The van der Waals surface area contributed by atoms with Crippen molar-refractivity contribution >= 4 is 11.0 Å². The van der Waals surface area contributed by atoms with Gasteiger partial charge in [-0.3, -0.25) is 0 Å². The predicted octanol–water partition coefficient (Wildman–Crippen LogP) is 3.10. The molecule has 0 radical (unpaired) electrons. The van der Waals surface area contributed by atoms with E-state index >= 15 is 0 Å². The van der Waals surface area contributed by atoms with Crippen LogP contribution in [0.15, 0.2) is 28.7 Å². The Bertz CT molecular complexity index is 708. The highest BCUT2D eigenvalue weighted by molar-refractivity contribution is 5.79. The molecule has 24 heavy (non-hydrogen) atoms. The SMILES string of the molecule is CCO[C@H]1C[C@](CO)(NCc2cc3cc(OC)ccc3o2)C1(C)C. The Morgan fingerprint density at radius 3 is 2.75 bits per heavy atom. The van der Waals surface area contributed by atoms with Gasteiger partial charge in [-0.25, -0.2) is 0 Å². The quantitative estimate of drug-likeness (QED) is 0.815. The summed E-state index contributed by atoms with van der Waals surface area (Å²) in [4.78, 5) is 0. The summed E-state index contributed by atoms with van der Waals surface area (Å²) in [5.41, 5.74) is 0.363. The number of rotatable bonds is 7. The summed E-state index contributed by atoms with van der Waals surface area (Å²) in [7, 11) is 1.65. The average Bonchev–Trinajstić information content (AvgIpc) is 2.99. The number of methoxy groups -OCH3 is 1. The molecule has 0 aliphatic heterocycles. The Morgan fingerprint density at radius 1 is 1.33 bits per heavy atom. The number of aliphatic hydroxyl groups excluding tert-OH is 1. The first kappa shape index (κ1) is 17.3. The van der Waals surface area contributed by atoms with Gasteiger partial charge >= 0.3 is 0 Å². The molecule has 2 atom stereocenters. The van der Waals surface area contributed by atoms with E-state index in [-0.39, 0.29) is 23.7 Å². The summed E-state index contributed by atoms with van der Waals surface area (Å²) in [5.74, 6) is 1.66. The van der Waals surface area contributed by atoms with Crippen LogP contribution < -0.4 is 10.1 Å². The van der Waals surface area contributed by atoms with E-state index in [1.807, 2.05) is 31.2 Å². The number of hydrogen-bond donors (Lipinski definition) is 2. The number of ether oxygens (including phenoxy) is 2. The molecular formula is C19H27NO4. The summed E-state index contributed by atoms with van der Waals surface area (Å²) < 4.78 is 16.9. The molecule has 1 aliphatic carbocycles. The maximum atomic E-state index is 9.98. The highest BCUT2D eigenvalue weighted by Gasteiger charge is 2.60. The Morgan fingerprint density at radius 2 is 2.12 bits per heavy atom. The lowest BCUT2D eigenvalue weighted by Gasteiger charge is -2.60. The molecule has 1 aromatic heterocycles. The van der Waals surface area contributed by atoms with Crippen molar-refractivity contribution in [3.8, 4) is 5.75 Å². The molecule has 0 bridgehead atoms. The number of aliphatic hydroxyl groups is 1. The van der Waals surface area contributed by atoms with Gasteiger partial charge in [-0.15, -0.1) is 0 Å². The van der Waals surface area contributed by atoms with Crippen LogP contribution in [-0.4, -0.2) is 37.1 Å². The van der Waals surface area contributed by atoms with E-state index in [0.717, 1.165) is 28.9 Å². The molecular weight excluding hydrogens is 306 g/mol. The maximum Gasteiger partial charge on any atom is 0.134 e. The van der Waals surface area contributed by atoms with E-state index in [1.165, 1.54) is 0 Å². The second-order valence-electron chi connectivity index (χ2n) is 7.08. The van der Waals surface area contributed by atoms with Crippen molar-refractivity contribution in [1.82, 2.24) is 5.32 Å². The third-order valence-electron chi connectivity index (χ3n) is 5.59. The minimum Gasteiger partial charge on any atom is -0.497 e. The van der Waals surface area contributed by atoms with E-state index in [9.17, 15) is 5.11 Å². The summed E-state index contributed by atoms with van der Waals surface area (Å²) in [6.45, 7) is 7.64. The third-order valence-corrected chi connectivity index (χ3v) is 5.59. The van der Waals surface area contributed by atoms with Gasteiger partial charge < -0.3 is 24.3 Å². The molecule has 2 N–H and O–H groups in total. The Balaban J connectivity index is 1.72. The molecule has 132 valence electrons. The van der Waals surface area contributed by atoms with Crippen LogP contribution in [0.1, 0.15) is 33.0 Å². The Labute approximate surface area is 142 Å². The minimum absolute atomic E-state index is 0.0810. The fraction of sp³-hybridized carbons (Fsp3) is 0.579. The van der Waals surface area contributed by atoms with E-state index in [4.69, 9.17) is 13.9 Å². The van der Waals surface area contributed by atoms with Crippen LogP contribution in [0.3, 0.4) is 0 Å². The minimum atomic E-state index is -0.344. The Hall–Kier alpha value is -1.56. The molecule has 0 saturated heterocycles. The van der Waals surface area contributed by atoms with Gasteiger partial charge in [-0.2, -0.15) is 0 Å². The molecule has 1 aliphatic rings. The van der Waals surface area contributed by atoms with Crippen molar-refractivity contribution in [3.05, 3.63) is 30.0 Å². The number of benzene rings is 1. The molecule has 0 amide bonds. The van der Waals surface area contributed by atoms with Gasteiger partial charge in [0.2, 0.25) is 0 Å². The van der Waals surface area contributed by atoms with Crippen LogP contribution in [0.25, 0.3) is 11.0 Å². The van der Waals surface area contributed by atoms with Crippen molar-refractivity contribution in [2.45, 2.75) is 45.4 Å². The van der Waals surface area contributed by atoms with E-state index in [2.05, 4.69) is 19.2 Å². The summed E-state index contributed by atoms with van der Waals surface area (Å²) in [6, 6.07) is 7.78. The van der Waals surface area contributed by atoms with E-state index < -0.39 is 0 Å². The first-order valence-electron chi connectivity index (χ1n) is 8.49.